The Hall–Kier alpha value is -0.980. The molecule has 2 saturated heterocycles. The molecule has 1 aromatic carbocycles. The summed E-state index contributed by atoms with van der Waals surface area (Å²) in [6.45, 7) is 4.11. The van der Waals surface area contributed by atoms with E-state index >= 15 is 0 Å². The van der Waals surface area contributed by atoms with E-state index in [9.17, 15) is 5.11 Å². The van der Waals surface area contributed by atoms with Crippen LogP contribution in [0.25, 0.3) is 0 Å². The molecule has 3 fully saturated rings. The first-order valence-electron chi connectivity index (χ1n) is 9.21. The number of methoxy groups -OCH3 is 1. The van der Waals surface area contributed by atoms with E-state index in [1.807, 2.05) is 0 Å². The summed E-state index contributed by atoms with van der Waals surface area (Å²) >= 11 is 0. The Labute approximate surface area is 144 Å². The average molecular weight is 331 g/mol. The third-order valence-corrected chi connectivity index (χ3v) is 6.23. The second kappa shape index (κ2) is 6.73. The molecule has 0 amide bonds. The normalized spacial score (nSPS) is 34.9. The van der Waals surface area contributed by atoms with Crippen LogP contribution in [0.1, 0.15) is 24.8 Å². The van der Waals surface area contributed by atoms with Crippen LogP contribution in [-0.2, 0) is 11.3 Å². The van der Waals surface area contributed by atoms with Crippen molar-refractivity contribution in [3.05, 3.63) is 35.9 Å². The van der Waals surface area contributed by atoms with Gasteiger partial charge in [0, 0.05) is 39.3 Å². The van der Waals surface area contributed by atoms with Gasteiger partial charge in [-0.15, -0.1) is 0 Å². The van der Waals surface area contributed by atoms with E-state index in [0.29, 0.717) is 18.6 Å². The van der Waals surface area contributed by atoms with Gasteiger partial charge in [-0.2, -0.15) is 0 Å². The third kappa shape index (κ3) is 2.59. The molecule has 24 heavy (non-hydrogen) atoms. The van der Waals surface area contributed by atoms with Crippen LogP contribution in [0.15, 0.2) is 30.3 Å². The lowest BCUT2D eigenvalue weighted by Gasteiger charge is -2.57. The minimum Gasteiger partial charge on any atom is -0.383 e. The molecule has 0 bridgehead atoms. The van der Waals surface area contributed by atoms with E-state index in [1.54, 1.807) is 7.11 Å². The van der Waals surface area contributed by atoms with Gasteiger partial charge in [-0.25, -0.2) is 0 Å². The number of aliphatic hydroxyl groups excluding tert-OH is 1. The summed E-state index contributed by atoms with van der Waals surface area (Å²) in [4.78, 5) is 4.89. The fourth-order valence-electron chi connectivity index (χ4n) is 4.90. The van der Waals surface area contributed by atoms with Crippen LogP contribution in [0.4, 0.5) is 0 Å². The zero-order valence-electron chi connectivity index (χ0n) is 14.5. The molecule has 132 valence electrons. The van der Waals surface area contributed by atoms with Crippen molar-refractivity contribution in [2.75, 3.05) is 33.4 Å². The van der Waals surface area contributed by atoms with E-state index < -0.39 is 6.23 Å². The second-order valence-electron chi connectivity index (χ2n) is 7.49. The van der Waals surface area contributed by atoms with Gasteiger partial charge in [-0.05, 0) is 24.3 Å². The monoisotopic (exact) mass is 331 g/mol. The minimum atomic E-state index is -0.412. The van der Waals surface area contributed by atoms with Crippen molar-refractivity contribution in [3.63, 3.8) is 0 Å². The lowest BCUT2D eigenvalue weighted by Crippen LogP contribution is -2.72. The Bertz CT molecular complexity index is 549. The number of fused-ring (bicyclic) bond motifs is 1. The van der Waals surface area contributed by atoms with Gasteiger partial charge in [0.2, 0.25) is 0 Å². The maximum absolute atomic E-state index is 10.9. The van der Waals surface area contributed by atoms with Gasteiger partial charge < -0.3 is 15.2 Å². The number of benzene rings is 1. The molecule has 4 rings (SSSR count). The van der Waals surface area contributed by atoms with Crippen LogP contribution < -0.4 is 5.32 Å². The Morgan fingerprint density at radius 3 is 2.75 bits per heavy atom. The molecule has 3 unspecified atom stereocenters. The molecular formula is C19H29N3O2. The largest absolute Gasteiger partial charge is 0.383 e. The summed E-state index contributed by atoms with van der Waals surface area (Å²) in [6.07, 6.45) is 3.42. The molecule has 0 radical (unpaired) electrons. The third-order valence-electron chi connectivity index (χ3n) is 6.23. The molecule has 5 heteroatoms. The molecule has 0 spiro atoms. The quantitative estimate of drug-likeness (QED) is 0.850. The van der Waals surface area contributed by atoms with Crippen molar-refractivity contribution in [1.29, 1.82) is 0 Å². The molecule has 1 aliphatic carbocycles. The van der Waals surface area contributed by atoms with Crippen molar-refractivity contribution < 1.29 is 9.84 Å². The van der Waals surface area contributed by atoms with Crippen LogP contribution in [-0.4, -0.2) is 66.2 Å². The number of aliphatic hydroxyl groups is 1. The maximum atomic E-state index is 10.9. The van der Waals surface area contributed by atoms with Crippen LogP contribution >= 0.6 is 0 Å². The second-order valence-corrected chi connectivity index (χ2v) is 7.49. The zero-order valence-corrected chi connectivity index (χ0v) is 14.5. The van der Waals surface area contributed by atoms with E-state index in [0.717, 1.165) is 26.2 Å². The van der Waals surface area contributed by atoms with E-state index in [2.05, 4.69) is 45.4 Å². The topological polar surface area (TPSA) is 48.0 Å². The molecule has 2 N–H and O–H groups in total. The van der Waals surface area contributed by atoms with Gasteiger partial charge in [0.15, 0.2) is 0 Å². The highest BCUT2D eigenvalue weighted by atomic mass is 16.5. The fraction of sp³-hybridized carbons (Fsp3) is 0.684. The Morgan fingerprint density at radius 2 is 2.08 bits per heavy atom. The molecule has 0 aromatic heterocycles. The van der Waals surface area contributed by atoms with Gasteiger partial charge in [0.25, 0.3) is 0 Å². The predicted octanol–water partition coefficient (Wildman–Crippen LogP) is 1.24. The molecular weight excluding hydrogens is 302 g/mol. The average Bonchev–Trinajstić information content (AvgIpc) is 2.81. The lowest BCUT2D eigenvalue weighted by atomic mass is 9.73. The number of nitrogens with one attached hydrogen (secondary N) is 1. The predicted molar refractivity (Wildman–Crippen MR) is 93.3 cm³/mol. The molecule has 3 aliphatic rings. The molecule has 5 nitrogen and oxygen atoms in total. The highest BCUT2D eigenvalue weighted by molar-refractivity contribution is 5.18. The minimum absolute atomic E-state index is 0.0744. The van der Waals surface area contributed by atoms with Crippen LogP contribution in [0, 0.1) is 5.92 Å². The Morgan fingerprint density at radius 1 is 1.29 bits per heavy atom. The summed E-state index contributed by atoms with van der Waals surface area (Å²) in [5, 5.41) is 14.6. The van der Waals surface area contributed by atoms with Crippen molar-refractivity contribution in [2.24, 2.45) is 5.92 Å². The zero-order chi connectivity index (χ0) is 16.6. The SMILES string of the molecule is COCC1CNCC2(C3CCC3)N(Cc3ccccc3)C(O)CN12. The van der Waals surface area contributed by atoms with E-state index in [4.69, 9.17) is 4.74 Å². The van der Waals surface area contributed by atoms with Gasteiger partial charge >= 0.3 is 0 Å². The Balaban J connectivity index is 1.66. The number of nitrogens with zero attached hydrogens (tertiary/aromatic N) is 2. The fourth-order valence-corrected chi connectivity index (χ4v) is 4.90. The van der Waals surface area contributed by atoms with Gasteiger partial charge in [-0.3, -0.25) is 9.80 Å². The number of rotatable bonds is 5. The number of hydrogen-bond acceptors (Lipinski definition) is 5. The smallest absolute Gasteiger partial charge is 0.122 e. The van der Waals surface area contributed by atoms with Gasteiger partial charge in [-0.1, -0.05) is 36.8 Å². The van der Waals surface area contributed by atoms with Crippen LogP contribution in [0.3, 0.4) is 0 Å². The van der Waals surface area contributed by atoms with Crippen molar-refractivity contribution in [2.45, 2.75) is 43.7 Å². The highest BCUT2D eigenvalue weighted by Gasteiger charge is 2.59. The van der Waals surface area contributed by atoms with Gasteiger partial charge in [0.05, 0.1) is 12.3 Å². The van der Waals surface area contributed by atoms with Crippen molar-refractivity contribution in [1.82, 2.24) is 15.1 Å². The summed E-state index contributed by atoms with van der Waals surface area (Å²) in [6, 6.07) is 10.9. The molecule has 1 aromatic rings. The summed E-state index contributed by atoms with van der Waals surface area (Å²) in [5.74, 6) is 0.630. The van der Waals surface area contributed by atoms with Crippen molar-refractivity contribution in [3.8, 4) is 0 Å². The first kappa shape index (κ1) is 16.5. The summed E-state index contributed by atoms with van der Waals surface area (Å²) in [7, 11) is 1.77. The standard InChI is InChI=1S/C19H29N3O2/c1-24-13-17-10-20-14-19(16-8-5-9-16)21(17)12-18(23)22(19)11-15-6-3-2-4-7-15/h2-4,6-7,16-18,20,23H,5,8-14H2,1H3. The van der Waals surface area contributed by atoms with Crippen LogP contribution in [0.2, 0.25) is 0 Å². The van der Waals surface area contributed by atoms with Crippen LogP contribution in [0.5, 0.6) is 0 Å². The molecule has 2 aliphatic heterocycles. The van der Waals surface area contributed by atoms with E-state index in [-0.39, 0.29) is 5.66 Å². The number of piperazine rings is 1. The van der Waals surface area contributed by atoms with Crippen molar-refractivity contribution >= 4 is 0 Å². The molecule has 1 saturated carbocycles. The Kier molecular flexibility index (Phi) is 4.62. The first-order valence-corrected chi connectivity index (χ1v) is 9.21. The first-order chi connectivity index (χ1) is 11.8. The summed E-state index contributed by atoms with van der Waals surface area (Å²) < 4.78 is 5.47. The number of hydrogen-bond donors (Lipinski definition) is 2. The van der Waals surface area contributed by atoms with Gasteiger partial charge in [0.1, 0.15) is 6.23 Å². The molecule has 3 atom stereocenters. The highest BCUT2D eigenvalue weighted by Crippen LogP contribution is 2.48. The lowest BCUT2D eigenvalue weighted by molar-refractivity contribution is -0.134. The molecule has 2 heterocycles. The van der Waals surface area contributed by atoms with E-state index in [1.165, 1.54) is 24.8 Å². The summed E-state index contributed by atoms with van der Waals surface area (Å²) in [5.41, 5.74) is 1.19. The number of ether oxygens (including phenoxy) is 1. The maximum Gasteiger partial charge on any atom is 0.122 e.